The minimum atomic E-state index is -0.707. The summed E-state index contributed by atoms with van der Waals surface area (Å²) in [6.45, 7) is 4.44. The van der Waals surface area contributed by atoms with Crippen LogP contribution < -0.4 is 0 Å². The fraction of sp³-hybridized carbons (Fsp3) is 0.778. The Balaban J connectivity index is 4.09. The minimum absolute atomic E-state index is 0.0178. The zero-order chi connectivity index (χ0) is 35.7. The molecule has 0 heterocycles. The maximum absolute atomic E-state index is 12.7. The van der Waals surface area contributed by atoms with Crippen LogP contribution >= 0.6 is 0 Å². The molecule has 0 aromatic rings. The molecule has 0 aliphatic carbocycles. The molecule has 0 bridgehead atoms. The lowest BCUT2D eigenvalue weighted by molar-refractivity contribution is -0.150. The van der Waals surface area contributed by atoms with E-state index in [0.717, 1.165) is 103 Å². The molecule has 0 aliphatic rings. The molecule has 0 spiro atoms. The Kier molecular flexibility index (Phi) is 38.6. The quantitative estimate of drug-likeness (QED) is 0.0399. The molecule has 1 atom stereocenters. The monoisotopic (exact) mass is 685 g/mol. The fourth-order valence-corrected chi connectivity index (χ4v) is 6.23. The first kappa shape index (κ1) is 46.9. The molecular formula is C45H80O4. The van der Waals surface area contributed by atoms with Gasteiger partial charge in [-0.05, 0) is 77.0 Å². The number of allylic oxidation sites excluding steroid dienone is 8. The lowest BCUT2D eigenvalue weighted by Gasteiger charge is -2.18. The molecule has 0 aliphatic heterocycles. The van der Waals surface area contributed by atoms with Crippen LogP contribution in [0.5, 0.6) is 0 Å². The highest BCUT2D eigenvalue weighted by Crippen LogP contribution is 2.18. The number of carboxylic acid groups (broad SMARTS) is 1. The Morgan fingerprint density at radius 3 is 1.33 bits per heavy atom. The summed E-state index contributed by atoms with van der Waals surface area (Å²) in [6, 6.07) is 0. The Morgan fingerprint density at radius 2 is 0.857 bits per heavy atom. The number of carbonyl (C=O) groups excluding carboxylic acids is 1. The van der Waals surface area contributed by atoms with Crippen molar-refractivity contribution in [1.29, 1.82) is 0 Å². The third kappa shape index (κ3) is 40.2. The van der Waals surface area contributed by atoms with E-state index in [1.54, 1.807) is 0 Å². The molecule has 0 aromatic carbocycles. The predicted molar refractivity (Wildman–Crippen MR) is 213 cm³/mol. The van der Waals surface area contributed by atoms with Crippen LogP contribution in [0.15, 0.2) is 48.6 Å². The maximum atomic E-state index is 12.7. The number of aliphatic carboxylic acids is 1. The summed E-state index contributed by atoms with van der Waals surface area (Å²) in [5.74, 6) is -0.725. The first-order chi connectivity index (χ1) is 24.1. The van der Waals surface area contributed by atoms with Gasteiger partial charge < -0.3 is 9.84 Å². The highest BCUT2D eigenvalue weighted by atomic mass is 16.5. The van der Waals surface area contributed by atoms with Crippen molar-refractivity contribution in [2.75, 3.05) is 0 Å². The van der Waals surface area contributed by atoms with Crippen LogP contribution in [0.3, 0.4) is 0 Å². The molecule has 4 heteroatoms. The molecule has 0 rings (SSSR count). The largest absolute Gasteiger partial charge is 0.481 e. The van der Waals surface area contributed by atoms with E-state index in [0.29, 0.717) is 6.42 Å². The van der Waals surface area contributed by atoms with E-state index in [2.05, 4.69) is 62.5 Å². The van der Waals surface area contributed by atoms with Crippen molar-refractivity contribution >= 4 is 11.9 Å². The number of carboxylic acids is 1. The zero-order valence-corrected chi connectivity index (χ0v) is 32.5. The zero-order valence-electron chi connectivity index (χ0n) is 32.5. The SMILES string of the molecule is CC/C=C\C/C=C\C/C=C\C/C=C\CCCCC(CCCCCCCC(=O)O)OC(=O)CCCCCCCCCCCCCCCCCC. The second-order valence-corrected chi connectivity index (χ2v) is 14.2. The second kappa shape index (κ2) is 40.3. The first-order valence-corrected chi connectivity index (χ1v) is 21.1. The van der Waals surface area contributed by atoms with Gasteiger partial charge in [0.1, 0.15) is 6.10 Å². The van der Waals surface area contributed by atoms with Crippen LogP contribution in [0.25, 0.3) is 0 Å². The molecule has 0 radical (unpaired) electrons. The van der Waals surface area contributed by atoms with Crippen LogP contribution in [-0.4, -0.2) is 23.1 Å². The van der Waals surface area contributed by atoms with E-state index in [-0.39, 0.29) is 18.5 Å². The third-order valence-electron chi connectivity index (χ3n) is 9.32. The molecule has 4 nitrogen and oxygen atoms in total. The number of esters is 1. The van der Waals surface area contributed by atoms with Crippen LogP contribution in [0.4, 0.5) is 0 Å². The number of carbonyl (C=O) groups is 2. The van der Waals surface area contributed by atoms with Gasteiger partial charge in [-0.1, -0.05) is 178 Å². The highest BCUT2D eigenvalue weighted by Gasteiger charge is 2.14. The topological polar surface area (TPSA) is 63.6 Å². The molecule has 0 amide bonds. The molecule has 0 aromatic heterocycles. The lowest BCUT2D eigenvalue weighted by atomic mass is 10.0. The molecule has 0 saturated carbocycles. The van der Waals surface area contributed by atoms with Crippen molar-refractivity contribution < 1.29 is 19.4 Å². The summed E-state index contributed by atoms with van der Waals surface area (Å²) in [7, 11) is 0. The number of rotatable bonds is 38. The van der Waals surface area contributed by atoms with E-state index in [4.69, 9.17) is 9.84 Å². The van der Waals surface area contributed by atoms with Crippen LogP contribution in [0.1, 0.15) is 219 Å². The molecule has 49 heavy (non-hydrogen) atoms. The highest BCUT2D eigenvalue weighted by molar-refractivity contribution is 5.69. The molecule has 1 unspecified atom stereocenters. The molecule has 1 N–H and O–H groups in total. The standard InChI is InChI=1S/C45H80O4/c1-3-5-7-9-11-13-15-17-19-21-23-25-27-29-34-38-42-45(48)49-43(40-36-32-30-33-37-41-44(46)47)39-35-31-28-26-24-22-20-18-16-14-12-10-8-6-4-2/h6,8,12,14,18,20,24,26,43H,3-5,7,9-11,13,15-17,19,21-23,25,27-42H2,1-2H3,(H,46,47)/b8-6-,14-12-,20-18-,26-24-. The van der Waals surface area contributed by atoms with Gasteiger partial charge in [-0.15, -0.1) is 0 Å². The average Bonchev–Trinajstić information content (AvgIpc) is 3.09. The molecule has 0 saturated heterocycles. The van der Waals surface area contributed by atoms with E-state index >= 15 is 0 Å². The third-order valence-corrected chi connectivity index (χ3v) is 9.32. The van der Waals surface area contributed by atoms with Gasteiger partial charge in [0, 0.05) is 12.8 Å². The van der Waals surface area contributed by atoms with Gasteiger partial charge in [0.2, 0.25) is 0 Å². The van der Waals surface area contributed by atoms with Crippen LogP contribution in [0.2, 0.25) is 0 Å². The minimum Gasteiger partial charge on any atom is -0.481 e. The number of unbranched alkanes of at least 4 members (excludes halogenated alkanes) is 21. The summed E-state index contributed by atoms with van der Waals surface area (Å²) < 4.78 is 6.00. The number of hydrogen-bond acceptors (Lipinski definition) is 3. The summed E-state index contributed by atoms with van der Waals surface area (Å²) >= 11 is 0. The molecular weight excluding hydrogens is 604 g/mol. The summed E-state index contributed by atoms with van der Waals surface area (Å²) in [4.78, 5) is 23.4. The van der Waals surface area contributed by atoms with Crippen LogP contribution in [0, 0.1) is 0 Å². The van der Waals surface area contributed by atoms with E-state index < -0.39 is 5.97 Å². The van der Waals surface area contributed by atoms with Crippen molar-refractivity contribution in [3.8, 4) is 0 Å². The van der Waals surface area contributed by atoms with Crippen molar-refractivity contribution in [2.24, 2.45) is 0 Å². The Labute approximate surface area is 304 Å². The van der Waals surface area contributed by atoms with Gasteiger partial charge in [0.15, 0.2) is 0 Å². The van der Waals surface area contributed by atoms with Gasteiger partial charge >= 0.3 is 11.9 Å². The van der Waals surface area contributed by atoms with Gasteiger partial charge in [0.25, 0.3) is 0 Å². The Bertz CT molecular complexity index is 824. The van der Waals surface area contributed by atoms with Gasteiger partial charge in [0.05, 0.1) is 0 Å². The second-order valence-electron chi connectivity index (χ2n) is 14.2. The molecule has 284 valence electrons. The average molecular weight is 685 g/mol. The van der Waals surface area contributed by atoms with Crippen LogP contribution in [-0.2, 0) is 14.3 Å². The normalized spacial score (nSPS) is 12.7. The number of ether oxygens (including phenoxy) is 1. The van der Waals surface area contributed by atoms with E-state index in [1.807, 2.05) is 0 Å². The first-order valence-electron chi connectivity index (χ1n) is 21.1. The van der Waals surface area contributed by atoms with Gasteiger partial charge in [-0.3, -0.25) is 9.59 Å². The van der Waals surface area contributed by atoms with E-state index in [9.17, 15) is 9.59 Å². The summed E-state index contributed by atoms with van der Waals surface area (Å²) in [5, 5.41) is 8.83. The maximum Gasteiger partial charge on any atom is 0.306 e. The van der Waals surface area contributed by atoms with Crippen molar-refractivity contribution in [3.05, 3.63) is 48.6 Å². The van der Waals surface area contributed by atoms with Gasteiger partial charge in [-0.2, -0.15) is 0 Å². The predicted octanol–water partition coefficient (Wildman–Crippen LogP) is 14.7. The number of hydrogen-bond donors (Lipinski definition) is 1. The lowest BCUT2D eigenvalue weighted by Crippen LogP contribution is -2.18. The Morgan fingerprint density at radius 1 is 0.469 bits per heavy atom. The molecule has 0 fully saturated rings. The van der Waals surface area contributed by atoms with Crippen molar-refractivity contribution in [1.82, 2.24) is 0 Å². The van der Waals surface area contributed by atoms with Gasteiger partial charge in [-0.25, -0.2) is 0 Å². The summed E-state index contributed by atoms with van der Waals surface area (Å²) in [6.07, 6.45) is 54.2. The fourth-order valence-electron chi connectivity index (χ4n) is 6.23. The Hall–Kier alpha value is -2.10. The summed E-state index contributed by atoms with van der Waals surface area (Å²) in [5.41, 5.74) is 0. The van der Waals surface area contributed by atoms with Crippen molar-refractivity contribution in [3.63, 3.8) is 0 Å². The van der Waals surface area contributed by atoms with Crippen molar-refractivity contribution in [2.45, 2.75) is 225 Å². The van der Waals surface area contributed by atoms with E-state index in [1.165, 1.54) is 89.9 Å². The smallest absolute Gasteiger partial charge is 0.306 e.